The fourth-order valence-corrected chi connectivity index (χ4v) is 4.29. The zero-order chi connectivity index (χ0) is 23.5. The minimum atomic E-state index is -0.373. The van der Waals surface area contributed by atoms with Crippen molar-refractivity contribution >= 4 is 69.6 Å². The molecule has 0 atom stereocenters. The lowest BCUT2D eigenvalue weighted by Crippen LogP contribution is -2.17. The van der Waals surface area contributed by atoms with E-state index in [1.807, 2.05) is 12.1 Å². The number of halogens is 4. The molecule has 1 aromatic heterocycles. The molecule has 3 aromatic carbocycles. The van der Waals surface area contributed by atoms with Gasteiger partial charge in [-0.3, -0.25) is 4.79 Å². The first-order valence-corrected chi connectivity index (χ1v) is 11.6. The summed E-state index contributed by atoms with van der Waals surface area (Å²) in [6, 6.07) is 15.8. The van der Waals surface area contributed by atoms with Gasteiger partial charge in [-0.1, -0.05) is 65.5 Å². The number of fused-ring (bicyclic) bond motifs is 1. The molecule has 5 nitrogen and oxygen atoms in total. The van der Waals surface area contributed by atoms with Gasteiger partial charge in [0.1, 0.15) is 5.82 Å². The first-order valence-electron chi connectivity index (χ1n) is 10.1. The number of hydrazone groups is 1. The lowest BCUT2D eigenvalue weighted by Gasteiger charge is -2.09. The van der Waals surface area contributed by atoms with Crippen LogP contribution in [-0.2, 0) is 6.54 Å². The van der Waals surface area contributed by atoms with Crippen molar-refractivity contribution < 1.29 is 4.79 Å². The fraction of sp³-hybridized carbons (Fsp3) is 0.125. The highest BCUT2D eigenvalue weighted by molar-refractivity contribution is 6.43. The predicted molar refractivity (Wildman–Crippen MR) is 137 cm³/mol. The first kappa shape index (κ1) is 23.6. The Kier molecular flexibility index (Phi) is 7.25. The fourth-order valence-electron chi connectivity index (χ4n) is 3.44. The number of rotatable bonds is 6. The molecule has 4 rings (SSSR count). The summed E-state index contributed by atoms with van der Waals surface area (Å²) in [6.45, 7) is 2.84. The smallest absolute Gasteiger partial charge is 0.271 e. The van der Waals surface area contributed by atoms with Crippen molar-refractivity contribution in [1.82, 2.24) is 15.0 Å². The van der Waals surface area contributed by atoms with E-state index in [0.717, 1.165) is 29.9 Å². The Morgan fingerprint density at radius 1 is 1.06 bits per heavy atom. The largest absolute Gasteiger partial charge is 0.324 e. The zero-order valence-electron chi connectivity index (χ0n) is 17.4. The number of nitrogens with one attached hydrogen (secondary N) is 1. The number of nitrogens with zero attached hydrogens (tertiary/aromatic N) is 3. The third-order valence-electron chi connectivity index (χ3n) is 4.98. The zero-order valence-corrected chi connectivity index (χ0v) is 20.5. The highest BCUT2D eigenvalue weighted by Crippen LogP contribution is 2.32. The number of aromatic nitrogens is 2. The second kappa shape index (κ2) is 10.1. The van der Waals surface area contributed by atoms with E-state index in [1.165, 1.54) is 6.21 Å². The van der Waals surface area contributed by atoms with Crippen molar-refractivity contribution in [3.8, 4) is 11.4 Å². The predicted octanol–water partition coefficient (Wildman–Crippen LogP) is 7.49. The van der Waals surface area contributed by atoms with E-state index in [2.05, 4.69) is 22.0 Å². The Morgan fingerprint density at radius 3 is 2.64 bits per heavy atom. The standard InChI is InChI=1S/C24H18Cl4N4O/c1-2-10-32-21-9-6-14(24(33)31-29-13-15-4-3-5-18(26)22(15)28)11-20(21)30-23(32)17-8-7-16(25)12-19(17)27/h3-9,11-13H,2,10H2,1H3,(H,31,33)/b29-13+. The highest BCUT2D eigenvalue weighted by Gasteiger charge is 2.17. The maximum absolute atomic E-state index is 12.7. The van der Waals surface area contributed by atoms with Gasteiger partial charge >= 0.3 is 0 Å². The second-order valence-electron chi connectivity index (χ2n) is 7.26. The quantitative estimate of drug-likeness (QED) is 0.212. The molecular weight excluding hydrogens is 502 g/mol. The monoisotopic (exact) mass is 518 g/mol. The number of benzene rings is 3. The molecule has 0 aliphatic carbocycles. The number of hydrogen-bond acceptors (Lipinski definition) is 3. The second-order valence-corrected chi connectivity index (χ2v) is 8.89. The third-order valence-corrected chi connectivity index (χ3v) is 6.36. The summed E-state index contributed by atoms with van der Waals surface area (Å²) in [5.74, 6) is 0.349. The van der Waals surface area contributed by atoms with Crippen LogP contribution in [0, 0.1) is 0 Å². The molecule has 0 unspecified atom stereocenters. The molecule has 9 heteroatoms. The molecule has 0 saturated carbocycles. The van der Waals surface area contributed by atoms with Crippen LogP contribution in [0.4, 0.5) is 0 Å². The number of hydrogen-bond donors (Lipinski definition) is 1. The maximum atomic E-state index is 12.7. The Balaban J connectivity index is 1.64. The molecule has 1 amide bonds. The van der Waals surface area contributed by atoms with Gasteiger partial charge in [-0.2, -0.15) is 5.10 Å². The lowest BCUT2D eigenvalue weighted by molar-refractivity contribution is 0.0955. The van der Waals surface area contributed by atoms with Crippen LogP contribution in [0.1, 0.15) is 29.3 Å². The van der Waals surface area contributed by atoms with Gasteiger partial charge in [0.2, 0.25) is 0 Å². The van der Waals surface area contributed by atoms with Crippen molar-refractivity contribution in [2.24, 2.45) is 5.10 Å². The molecule has 1 heterocycles. The Labute approximate surface area is 210 Å². The number of imidazole rings is 1. The summed E-state index contributed by atoms with van der Waals surface area (Å²) in [5, 5.41) is 5.85. The van der Waals surface area contributed by atoms with Crippen LogP contribution in [0.15, 0.2) is 59.7 Å². The van der Waals surface area contributed by atoms with E-state index in [4.69, 9.17) is 51.4 Å². The van der Waals surface area contributed by atoms with Crippen molar-refractivity contribution in [2.45, 2.75) is 19.9 Å². The molecule has 168 valence electrons. The molecule has 0 spiro atoms. The highest BCUT2D eigenvalue weighted by atomic mass is 35.5. The minimum Gasteiger partial charge on any atom is -0.324 e. The molecule has 0 fully saturated rings. The maximum Gasteiger partial charge on any atom is 0.271 e. The molecular formula is C24H18Cl4N4O. The van der Waals surface area contributed by atoms with Crippen LogP contribution in [0.2, 0.25) is 20.1 Å². The van der Waals surface area contributed by atoms with Crippen LogP contribution in [-0.4, -0.2) is 21.7 Å². The van der Waals surface area contributed by atoms with Crippen molar-refractivity contribution in [2.75, 3.05) is 0 Å². The van der Waals surface area contributed by atoms with Gasteiger partial charge in [-0.15, -0.1) is 0 Å². The number of carbonyl (C=O) groups excluding carboxylic acids is 1. The number of aryl methyl sites for hydroxylation is 1. The molecule has 4 aromatic rings. The molecule has 0 aliphatic heterocycles. The van der Waals surface area contributed by atoms with E-state index >= 15 is 0 Å². The first-order chi connectivity index (χ1) is 15.9. The molecule has 0 bridgehead atoms. The average molecular weight is 520 g/mol. The summed E-state index contributed by atoms with van der Waals surface area (Å²) in [7, 11) is 0. The summed E-state index contributed by atoms with van der Waals surface area (Å²) in [6.07, 6.45) is 2.36. The van der Waals surface area contributed by atoms with Gasteiger partial charge < -0.3 is 4.57 Å². The summed E-state index contributed by atoms with van der Waals surface area (Å²) >= 11 is 24.6. The summed E-state index contributed by atoms with van der Waals surface area (Å²) in [4.78, 5) is 17.4. The van der Waals surface area contributed by atoms with E-state index in [-0.39, 0.29) is 5.91 Å². The van der Waals surface area contributed by atoms with Crippen molar-refractivity contribution in [3.05, 3.63) is 85.8 Å². The normalized spacial score (nSPS) is 11.4. The van der Waals surface area contributed by atoms with E-state index in [1.54, 1.807) is 42.5 Å². The van der Waals surface area contributed by atoms with Crippen molar-refractivity contribution in [3.63, 3.8) is 0 Å². The van der Waals surface area contributed by atoms with Crippen molar-refractivity contribution in [1.29, 1.82) is 0 Å². The van der Waals surface area contributed by atoms with Gasteiger partial charge in [0.15, 0.2) is 0 Å². The SMILES string of the molecule is CCCn1c(-c2ccc(Cl)cc2Cl)nc2cc(C(=O)N/N=C/c3cccc(Cl)c3Cl)ccc21. The van der Waals surface area contributed by atoms with Crippen LogP contribution in [0.5, 0.6) is 0 Å². The van der Waals surface area contributed by atoms with Gasteiger partial charge in [0.25, 0.3) is 5.91 Å². The van der Waals surface area contributed by atoms with E-state index < -0.39 is 0 Å². The van der Waals surface area contributed by atoms with Crippen LogP contribution in [0.25, 0.3) is 22.4 Å². The lowest BCUT2D eigenvalue weighted by atomic mass is 10.2. The van der Waals surface area contributed by atoms with Crippen LogP contribution < -0.4 is 5.43 Å². The molecule has 0 aliphatic rings. The Hall–Kier alpha value is -2.57. The minimum absolute atomic E-state index is 0.369. The molecule has 1 N–H and O–H groups in total. The summed E-state index contributed by atoms with van der Waals surface area (Å²) < 4.78 is 2.09. The topological polar surface area (TPSA) is 59.3 Å². The van der Waals surface area contributed by atoms with Gasteiger partial charge in [-0.05, 0) is 48.9 Å². The molecule has 0 radical (unpaired) electrons. The van der Waals surface area contributed by atoms with Gasteiger partial charge in [0.05, 0.1) is 32.3 Å². The van der Waals surface area contributed by atoms with Gasteiger partial charge in [-0.25, -0.2) is 10.4 Å². The van der Waals surface area contributed by atoms with Crippen LogP contribution in [0.3, 0.4) is 0 Å². The number of amides is 1. The van der Waals surface area contributed by atoms with E-state index in [0.29, 0.717) is 36.7 Å². The Morgan fingerprint density at radius 2 is 1.88 bits per heavy atom. The molecule has 0 saturated heterocycles. The van der Waals surface area contributed by atoms with E-state index in [9.17, 15) is 4.79 Å². The summed E-state index contributed by atoms with van der Waals surface area (Å²) in [5.41, 5.74) is 5.90. The molecule has 33 heavy (non-hydrogen) atoms. The number of carbonyl (C=O) groups is 1. The van der Waals surface area contributed by atoms with Crippen LogP contribution >= 0.6 is 46.4 Å². The average Bonchev–Trinajstić information content (AvgIpc) is 3.14. The Bertz CT molecular complexity index is 1380. The third kappa shape index (κ3) is 5.02. The van der Waals surface area contributed by atoms with Gasteiger partial charge in [0, 0.05) is 28.3 Å².